The Labute approximate surface area is 151 Å². The predicted octanol–water partition coefficient (Wildman–Crippen LogP) is 3.83. The minimum absolute atomic E-state index is 0.171. The van der Waals surface area contributed by atoms with Crippen molar-refractivity contribution in [1.29, 1.82) is 0 Å². The van der Waals surface area contributed by atoms with E-state index in [0.29, 0.717) is 11.3 Å². The molecule has 1 amide bonds. The zero-order chi connectivity index (χ0) is 17.2. The van der Waals surface area contributed by atoms with Gasteiger partial charge in [0.05, 0.1) is 5.69 Å². The van der Waals surface area contributed by atoms with E-state index in [-0.39, 0.29) is 5.91 Å². The lowest BCUT2D eigenvalue weighted by Crippen LogP contribution is -2.12. The molecule has 0 aliphatic heterocycles. The van der Waals surface area contributed by atoms with Crippen LogP contribution in [0.2, 0.25) is 0 Å². The number of carbonyl (C=O) groups is 1. The Kier molecular flexibility index (Phi) is 3.99. The van der Waals surface area contributed by atoms with E-state index in [4.69, 9.17) is 0 Å². The fourth-order valence-electron chi connectivity index (χ4n) is 2.59. The van der Waals surface area contributed by atoms with Gasteiger partial charge >= 0.3 is 0 Å². The number of hydrogen-bond donors (Lipinski definition) is 1. The van der Waals surface area contributed by atoms with E-state index < -0.39 is 0 Å². The molecule has 0 atom stereocenters. The van der Waals surface area contributed by atoms with Crippen LogP contribution in [0.3, 0.4) is 0 Å². The van der Waals surface area contributed by atoms with Gasteiger partial charge in [0.2, 0.25) is 0 Å². The van der Waals surface area contributed by atoms with Crippen molar-refractivity contribution in [3.8, 4) is 5.69 Å². The highest BCUT2D eigenvalue weighted by Gasteiger charge is 2.09. The van der Waals surface area contributed by atoms with E-state index in [9.17, 15) is 4.79 Å². The molecule has 7 heteroatoms. The fraction of sp³-hybridized carbons (Fsp3) is 0. The lowest BCUT2D eigenvalue weighted by atomic mass is 10.1. The highest BCUT2D eigenvalue weighted by atomic mass is 79.9. The highest BCUT2D eigenvalue weighted by Crippen LogP contribution is 2.25. The summed E-state index contributed by atoms with van der Waals surface area (Å²) >= 11 is 3.52. The maximum absolute atomic E-state index is 12.6. The van der Waals surface area contributed by atoms with Crippen molar-refractivity contribution in [3.63, 3.8) is 0 Å². The summed E-state index contributed by atoms with van der Waals surface area (Å²) < 4.78 is 2.54. The molecule has 4 rings (SSSR count). The van der Waals surface area contributed by atoms with Gasteiger partial charge in [0, 0.05) is 15.7 Å². The second-order valence-corrected chi connectivity index (χ2v) is 6.29. The minimum atomic E-state index is -0.171. The average molecular weight is 394 g/mol. The molecule has 122 valence electrons. The third kappa shape index (κ3) is 3.14. The molecule has 0 aliphatic carbocycles. The highest BCUT2D eigenvalue weighted by molar-refractivity contribution is 9.10. The van der Waals surface area contributed by atoms with Gasteiger partial charge in [-0.25, -0.2) is 4.68 Å². The first kappa shape index (κ1) is 15.5. The third-order valence-corrected chi connectivity index (χ3v) is 4.50. The van der Waals surface area contributed by atoms with Gasteiger partial charge in [-0.3, -0.25) is 4.79 Å². The number of carbonyl (C=O) groups excluding carboxylic acids is 1. The number of anilines is 1. The van der Waals surface area contributed by atoms with Gasteiger partial charge in [0.1, 0.15) is 6.33 Å². The maximum atomic E-state index is 12.6. The zero-order valence-corrected chi connectivity index (χ0v) is 14.5. The van der Waals surface area contributed by atoms with Crippen molar-refractivity contribution in [2.75, 3.05) is 5.32 Å². The van der Waals surface area contributed by atoms with Crippen LogP contribution in [0.1, 0.15) is 10.4 Å². The van der Waals surface area contributed by atoms with Crippen molar-refractivity contribution in [2.24, 2.45) is 0 Å². The van der Waals surface area contributed by atoms with Gasteiger partial charge in [0.25, 0.3) is 5.91 Å². The molecule has 1 heterocycles. The predicted molar refractivity (Wildman–Crippen MR) is 98.8 cm³/mol. The number of hydrogen-bond acceptors (Lipinski definition) is 4. The van der Waals surface area contributed by atoms with Crippen LogP contribution in [0.5, 0.6) is 0 Å². The molecular formula is C18H12BrN5O. The molecule has 6 nitrogen and oxygen atoms in total. The Hall–Kier alpha value is -3.06. The van der Waals surface area contributed by atoms with Crippen LogP contribution < -0.4 is 5.32 Å². The molecule has 25 heavy (non-hydrogen) atoms. The van der Waals surface area contributed by atoms with Crippen molar-refractivity contribution in [1.82, 2.24) is 20.2 Å². The second kappa shape index (κ2) is 6.45. The zero-order valence-electron chi connectivity index (χ0n) is 12.9. The van der Waals surface area contributed by atoms with Crippen LogP contribution in [0.25, 0.3) is 16.5 Å². The van der Waals surface area contributed by atoms with Crippen molar-refractivity contribution >= 4 is 38.3 Å². The van der Waals surface area contributed by atoms with Gasteiger partial charge in [-0.1, -0.05) is 40.2 Å². The van der Waals surface area contributed by atoms with Crippen LogP contribution >= 0.6 is 15.9 Å². The first-order chi connectivity index (χ1) is 12.2. The summed E-state index contributed by atoms with van der Waals surface area (Å²) in [6.45, 7) is 0. The number of fused-ring (bicyclic) bond motifs is 1. The Bertz CT molecular complexity index is 1060. The van der Waals surface area contributed by atoms with Crippen molar-refractivity contribution < 1.29 is 4.79 Å². The number of rotatable bonds is 3. The summed E-state index contributed by atoms with van der Waals surface area (Å²) in [7, 11) is 0. The number of benzene rings is 3. The van der Waals surface area contributed by atoms with E-state index in [0.717, 1.165) is 20.9 Å². The van der Waals surface area contributed by atoms with Gasteiger partial charge < -0.3 is 5.32 Å². The van der Waals surface area contributed by atoms with Crippen molar-refractivity contribution in [2.45, 2.75) is 0 Å². The van der Waals surface area contributed by atoms with E-state index in [1.165, 1.54) is 11.0 Å². The number of tetrazole rings is 1. The smallest absolute Gasteiger partial charge is 0.255 e. The number of aromatic nitrogens is 4. The molecule has 0 bridgehead atoms. The van der Waals surface area contributed by atoms with Crippen LogP contribution in [-0.4, -0.2) is 26.1 Å². The summed E-state index contributed by atoms with van der Waals surface area (Å²) in [5.74, 6) is -0.171. The van der Waals surface area contributed by atoms with Gasteiger partial charge in [0.15, 0.2) is 0 Å². The van der Waals surface area contributed by atoms with Gasteiger partial charge in [-0.05, 0) is 57.6 Å². The number of nitrogens with zero attached hydrogens (tertiary/aromatic N) is 4. The molecule has 0 saturated carbocycles. The van der Waals surface area contributed by atoms with E-state index in [2.05, 4.69) is 36.8 Å². The normalized spacial score (nSPS) is 10.8. The molecule has 0 spiro atoms. The Balaban J connectivity index is 1.61. The molecule has 0 radical (unpaired) electrons. The lowest BCUT2D eigenvalue weighted by Gasteiger charge is -2.08. The fourth-order valence-corrected chi connectivity index (χ4v) is 3.11. The molecule has 0 fully saturated rings. The summed E-state index contributed by atoms with van der Waals surface area (Å²) in [6, 6.07) is 18.9. The number of halogens is 1. The molecule has 0 aliphatic rings. The molecule has 1 N–H and O–H groups in total. The second-order valence-electron chi connectivity index (χ2n) is 5.43. The van der Waals surface area contributed by atoms with Crippen molar-refractivity contribution in [3.05, 3.63) is 77.0 Å². The number of nitrogens with one attached hydrogen (secondary N) is 1. The summed E-state index contributed by atoms with van der Waals surface area (Å²) in [5, 5.41) is 16.1. The minimum Gasteiger partial charge on any atom is -0.322 e. The summed E-state index contributed by atoms with van der Waals surface area (Å²) in [4.78, 5) is 12.6. The van der Waals surface area contributed by atoms with E-state index in [1.807, 2.05) is 60.7 Å². The molecule has 3 aromatic carbocycles. The van der Waals surface area contributed by atoms with Crippen LogP contribution in [0, 0.1) is 0 Å². The molecule has 1 aromatic heterocycles. The van der Waals surface area contributed by atoms with Crippen LogP contribution in [0.4, 0.5) is 5.69 Å². The lowest BCUT2D eigenvalue weighted by molar-refractivity contribution is 0.102. The quantitative estimate of drug-likeness (QED) is 0.573. The Morgan fingerprint density at radius 3 is 2.76 bits per heavy atom. The van der Waals surface area contributed by atoms with Gasteiger partial charge in [-0.15, -0.1) is 5.10 Å². The van der Waals surface area contributed by atoms with E-state index >= 15 is 0 Å². The molecule has 0 unspecified atom stereocenters. The largest absolute Gasteiger partial charge is 0.322 e. The molecule has 4 aromatic rings. The van der Waals surface area contributed by atoms with E-state index in [1.54, 1.807) is 0 Å². The topological polar surface area (TPSA) is 72.7 Å². The molecular weight excluding hydrogens is 382 g/mol. The Morgan fingerprint density at radius 2 is 1.92 bits per heavy atom. The average Bonchev–Trinajstić information content (AvgIpc) is 3.16. The Morgan fingerprint density at radius 1 is 1.04 bits per heavy atom. The van der Waals surface area contributed by atoms with Gasteiger partial charge in [-0.2, -0.15) is 0 Å². The number of amides is 1. The monoisotopic (exact) mass is 393 g/mol. The third-order valence-electron chi connectivity index (χ3n) is 3.81. The standard InChI is InChI=1S/C18H12BrN5O/c19-17-6-1-3-12-9-13(7-8-16(12)17)18(25)21-14-4-2-5-15(10-14)24-11-20-22-23-24/h1-11H,(H,21,25). The summed E-state index contributed by atoms with van der Waals surface area (Å²) in [6.07, 6.45) is 1.50. The van der Waals surface area contributed by atoms with Crippen LogP contribution in [-0.2, 0) is 0 Å². The first-order valence-corrected chi connectivity index (χ1v) is 8.33. The first-order valence-electron chi connectivity index (χ1n) is 7.54. The summed E-state index contributed by atoms with van der Waals surface area (Å²) in [5.41, 5.74) is 2.04. The molecule has 0 saturated heterocycles. The SMILES string of the molecule is O=C(Nc1cccc(-n2cnnn2)c1)c1ccc2c(Br)cccc2c1. The maximum Gasteiger partial charge on any atom is 0.255 e. The van der Waals surface area contributed by atoms with Crippen LogP contribution in [0.15, 0.2) is 71.5 Å².